The van der Waals surface area contributed by atoms with Gasteiger partial charge in [-0.2, -0.15) is 4.31 Å². The summed E-state index contributed by atoms with van der Waals surface area (Å²) in [4.78, 5) is 12.3. The van der Waals surface area contributed by atoms with Crippen molar-refractivity contribution in [3.63, 3.8) is 0 Å². The highest BCUT2D eigenvalue weighted by Crippen LogP contribution is 2.30. The Kier molecular flexibility index (Phi) is 7.10. The highest BCUT2D eigenvalue weighted by molar-refractivity contribution is 9.10. The van der Waals surface area contributed by atoms with Gasteiger partial charge >= 0.3 is 5.97 Å². The van der Waals surface area contributed by atoms with Crippen LogP contribution in [0.25, 0.3) is 0 Å². The molecule has 0 unspecified atom stereocenters. The molecule has 0 aliphatic carbocycles. The molecule has 0 atom stereocenters. The van der Waals surface area contributed by atoms with E-state index >= 15 is 0 Å². The fourth-order valence-electron chi connectivity index (χ4n) is 2.25. The summed E-state index contributed by atoms with van der Waals surface area (Å²) in [7, 11) is -3.81. The predicted molar refractivity (Wildman–Crippen MR) is 106 cm³/mol. The summed E-state index contributed by atoms with van der Waals surface area (Å²) in [6, 6.07) is 8.77. The molecule has 0 heterocycles. The smallest absolute Gasteiger partial charge is 0.343 e. The third kappa shape index (κ3) is 4.58. The molecule has 0 saturated heterocycles. The van der Waals surface area contributed by atoms with E-state index in [9.17, 15) is 13.2 Å². The third-order valence-electron chi connectivity index (χ3n) is 3.59. The van der Waals surface area contributed by atoms with Crippen LogP contribution in [0, 0.1) is 0 Å². The Hall–Kier alpha value is -1.12. The molecule has 2 aromatic rings. The first kappa shape index (κ1) is 21.2. The minimum Gasteiger partial charge on any atom is -0.421 e. The van der Waals surface area contributed by atoms with Crippen LogP contribution in [0.5, 0.6) is 5.75 Å². The van der Waals surface area contributed by atoms with Gasteiger partial charge in [0, 0.05) is 17.6 Å². The van der Waals surface area contributed by atoms with Crippen LogP contribution in [0.1, 0.15) is 24.2 Å². The van der Waals surface area contributed by atoms with E-state index in [1.807, 2.05) is 0 Å². The summed E-state index contributed by atoms with van der Waals surface area (Å²) in [5.41, 5.74) is 0.0547. The van der Waals surface area contributed by atoms with Gasteiger partial charge in [-0.3, -0.25) is 0 Å². The molecule has 9 heteroatoms. The van der Waals surface area contributed by atoms with Gasteiger partial charge in [-0.1, -0.05) is 53.0 Å². The molecule has 0 fully saturated rings. The molecule has 0 aliphatic rings. The van der Waals surface area contributed by atoms with Crippen LogP contribution in [0.2, 0.25) is 10.0 Å². The summed E-state index contributed by atoms with van der Waals surface area (Å²) >= 11 is 15.4. The van der Waals surface area contributed by atoms with E-state index in [0.29, 0.717) is 13.1 Å². The van der Waals surface area contributed by atoms with Gasteiger partial charge in [0.25, 0.3) is 0 Å². The SMILES string of the molecule is CCN(CC)S(=O)(=O)c1cc(C(=O)Oc2ccc(Br)cc2Cl)ccc1Cl. The fraction of sp³-hybridized carbons (Fsp3) is 0.235. The number of esters is 1. The molecular weight excluding hydrogens is 465 g/mol. The summed E-state index contributed by atoms with van der Waals surface area (Å²) in [5, 5.41) is 0.285. The molecule has 0 N–H and O–H groups in total. The van der Waals surface area contributed by atoms with E-state index in [4.69, 9.17) is 27.9 Å². The topological polar surface area (TPSA) is 63.7 Å². The number of sulfonamides is 1. The predicted octanol–water partition coefficient (Wildman–Crippen LogP) is 5.01. The molecule has 2 aromatic carbocycles. The van der Waals surface area contributed by atoms with E-state index in [2.05, 4.69) is 15.9 Å². The lowest BCUT2D eigenvalue weighted by Crippen LogP contribution is -2.31. The van der Waals surface area contributed by atoms with Gasteiger partial charge in [-0.15, -0.1) is 0 Å². The second-order valence-corrected chi connectivity index (χ2v) is 8.84. The van der Waals surface area contributed by atoms with E-state index < -0.39 is 16.0 Å². The maximum absolute atomic E-state index is 12.7. The number of hydrogen-bond donors (Lipinski definition) is 0. The highest BCUT2D eigenvalue weighted by Gasteiger charge is 2.26. The van der Waals surface area contributed by atoms with Gasteiger partial charge in [-0.25, -0.2) is 13.2 Å². The average molecular weight is 481 g/mol. The molecule has 0 aliphatic heterocycles. The lowest BCUT2D eigenvalue weighted by Gasteiger charge is -2.19. The van der Waals surface area contributed by atoms with E-state index in [1.54, 1.807) is 26.0 Å². The van der Waals surface area contributed by atoms with Crippen molar-refractivity contribution in [3.8, 4) is 5.75 Å². The molecular formula is C17H16BrCl2NO4S. The Morgan fingerprint density at radius 1 is 1.08 bits per heavy atom. The molecule has 0 amide bonds. The number of rotatable bonds is 6. The summed E-state index contributed by atoms with van der Waals surface area (Å²) < 4.78 is 32.7. The normalized spacial score (nSPS) is 11.6. The summed E-state index contributed by atoms with van der Waals surface area (Å²) in [5.74, 6) is -0.565. The summed E-state index contributed by atoms with van der Waals surface area (Å²) in [6.07, 6.45) is 0. The first-order valence-electron chi connectivity index (χ1n) is 7.67. The first-order chi connectivity index (χ1) is 12.2. The zero-order valence-electron chi connectivity index (χ0n) is 14.0. The second kappa shape index (κ2) is 8.71. The van der Waals surface area contributed by atoms with Gasteiger partial charge in [-0.05, 0) is 36.4 Å². The minimum absolute atomic E-state index is 0.0372. The van der Waals surface area contributed by atoms with Crippen molar-refractivity contribution in [1.29, 1.82) is 0 Å². The Bertz CT molecular complexity index is 930. The second-order valence-electron chi connectivity index (χ2n) is 5.20. The quantitative estimate of drug-likeness (QED) is 0.430. The van der Waals surface area contributed by atoms with Gasteiger partial charge in [0.15, 0.2) is 0 Å². The molecule has 140 valence electrons. The average Bonchev–Trinajstić information content (AvgIpc) is 2.58. The lowest BCUT2D eigenvalue weighted by atomic mass is 10.2. The van der Waals surface area contributed by atoms with Crippen LogP contribution in [0.4, 0.5) is 0 Å². The van der Waals surface area contributed by atoms with Crippen LogP contribution in [-0.2, 0) is 10.0 Å². The minimum atomic E-state index is -3.81. The zero-order valence-corrected chi connectivity index (χ0v) is 17.9. The number of halogens is 3. The van der Waals surface area contributed by atoms with Crippen molar-refractivity contribution in [1.82, 2.24) is 4.31 Å². The van der Waals surface area contributed by atoms with E-state index in [-0.39, 0.29) is 26.3 Å². The van der Waals surface area contributed by atoms with Crippen molar-refractivity contribution < 1.29 is 17.9 Å². The van der Waals surface area contributed by atoms with Crippen LogP contribution >= 0.6 is 39.1 Å². The monoisotopic (exact) mass is 479 g/mol. The van der Waals surface area contributed by atoms with Gasteiger partial charge in [0.2, 0.25) is 10.0 Å². The Labute approximate surface area is 171 Å². The first-order valence-corrected chi connectivity index (χ1v) is 10.7. The van der Waals surface area contributed by atoms with Crippen LogP contribution in [0.15, 0.2) is 45.8 Å². The van der Waals surface area contributed by atoms with Gasteiger partial charge in [0.05, 0.1) is 15.6 Å². The van der Waals surface area contributed by atoms with Crippen LogP contribution in [0.3, 0.4) is 0 Å². The standard InChI is InChI=1S/C17H16BrCl2NO4S/c1-3-21(4-2)26(23,24)16-9-11(5-7-13(16)19)17(22)25-15-8-6-12(18)10-14(15)20/h5-10H,3-4H2,1-2H3. The van der Waals surface area contributed by atoms with Crippen molar-refractivity contribution >= 4 is 55.1 Å². The van der Waals surface area contributed by atoms with Crippen molar-refractivity contribution in [3.05, 3.63) is 56.5 Å². The zero-order chi connectivity index (χ0) is 19.5. The molecule has 0 saturated carbocycles. The molecule has 0 radical (unpaired) electrons. The maximum atomic E-state index is 12.7. The van der Waals surface area contributed by atoms with Crippen molar-refractivity contribution in [2.24, 2.45) is 0 Å². The summed E-state index contributed by atoms with van der Waals surface area (Å²) in [6.45, 7) is 4.03. The third-order valence-corrected chi connectivity index (χ3v) is 6.91. The van der Waals surface area contributed by atoms with Crippen molar-refractivity contribution in [2.75, 3.05) is 13.1 Å². The Morgan fingerprint density at radius 3 is 2.31 bits per heavy atom. The number of nitrogens with zero attached hydrogens (tertiary/aromatic N) is 1. The van der Waals surface area contributed by atoms with E-state index in [1.165, 1.54) is 28.6 Å². The van der Waals surface area contributed by atoms with Gasteiger partial charge < -0.3 is 4.74 Å². The largest absolute Gasteiger partial charge is 0.421 e. The van der Waals surface area contributed by atoms with Gasteiger partial charge in [0.1, 0.15) is 10.6 Å². The van der Waals surface area contributed by atoms with Crippen LogP contribution in [-0.4, -0.2) is 31.8 Å². The highest BCUT2D eigenvalue weighted by atomic mass is 79.9. The molecule has 26 heavy (non-hydrogen) atoms. The molecule has 2 rings (SSSR count). The Balaban J connectivity index is 2.38. The lowest BCUT2D eigenvalue weighted by molar-refractivity contribution is 0.0734. The molecule has 5 nitrogen and oxygen atoms in total. The Morgan fingerprint density at radius 2 is 1.73 bits per heavy atom. The fourth-order valence-corrected chi connectivity index (χ4v) is 4.92. The maximum Gasteiger partial charge on any atom is 0.343 e. The molecule has 0 spiro atoms. The number of benzene rings is 2. The number of ether oxygens (including phenoxy) is 1. The number of carbonyl (C=O) groups excluding carboxylic acids is 1. The van der Waals surface area contributed by atoms with Crippen molar-refractivity contribution in [2.45, 2.75) is 18.7 Å². The van der Waals surface area contributed by atoms with E-state index in [0.717, 1.165) is 4.47 Å². The number of hydrogen-bond acceptors (Lipinski definition) is 4. The molecule has 0 aromatic heterocycles. The number of carbonyl (C=O) groups is 1. The van der Waals surface area contributed by atoms with Crippen LogP contribution < -0.4 is 4.74 Å². The molecule has 0 bridgehead atoms.